The van der Waals surface area contributed by atoms with Crippen molar-refractivity contribution >= 4 is 26.7 Å². The summed E-state index contributed by atoms with van der Waals surface area (Å²) in [6, 6.07) is 0. The molecule has 1 atom stereocenters. The van der Waals surface area contributed by atoms with Crippen molar-refractivity contribution in [2.24, 2.45) is 0 Å². The highest BCUT2D eigenvalue weighted by atomic mass is 32.3. The van der Waals surface area contributed by atoms with Gasteiger partial charge in [-0.3, -0.25) is 13.9 Å². The fourth-order valence-electron chi connectivity index (χ4n) is 3.05. The summed E-state index contributed by atoms with van der Waals surface area (Å²) >= 11 is 0. The maximum atomic E-state index is 11.6. The van der Waals surface area contributed by atoms with Gasteiger partial charge in [0.25, 0.3) is 0 Å². The number of amides is 1. The van der Waals surface area contributed by atoms with Crippen molar-refractivity contribution in [3.8, 4) is 0 Å². The Labute approximate surface area is 193 Å². The van der Waals surface area contributed by atoms with Crippen LogP contribution in [-0.2, 0) is 34.0 Å². The Morgan fingerprint density at radius 1 is 0.906 bits per heavy atom. The van der Waals surface area contributed by atoms with Gasteiger partial charge in [0.1, 0.15) is 0 Å². The molecule has 190 valence electrons. The number of unbranched alkanes of at least 4 members (excludes halogenated alkanes) is 8. The van der Waals surface area contributed by atoms with E-state index in [0.29, 0.717) is 19.3 Å². The van der Waals surface area contributed by atoms with Crippen LogP contribution in [0.2, 0.25) is 0 Å². The first-order valence-corrected chi connectivity index (χ1v) is 14.0. The molecular formula is C20H39NO9S2. The highest BCUT2D eigenvalue weighted by Gasteiger charge is 2.15. The number of allylic oxidation sites excluding steroid dienone is 1. The normalized spacial score (nSPS) is 13.5. The van der Waals surface area contributed by atoms with Gasteiger partial charge in [-0.25, -0.2) is 8.37 Å². The lowest BCUT2D eigenvalue weighted by atomic mass is 10.1. The summed E-state index contributed by atoms with van der Waals surface area (Å²) in [5.41, 5.74) is 0. The van der Waals surface area contributed by atoms with Crippen molar-refractivity contribution in [3.63, 3.8) is 0 Å². The van der Waals surface area contributed by atoms with Crippen LogP contribution in [0.4, 0.5) is 0 Å². The van der Waals surface area contributed by atoms with Gasteiger partial charge in [0.15, 0.2) is 0 Å². The third-order valence-corrected chi connectivity index (χ3v) is 5.61. The zero-order chi connectivity index (χ0) is 24.3. The van der Waals surface area contributed by atoms with Crippen LogP contribution >= 0.6 is 0 Å². The molecule has 0 unspecified atom stereocenters. The molecule has 3 N–H and O–H groups in total. The van der Waals surface area contributed by atoms with Gasteiger partial charge in [-0.05, 0) is 32.1 Å². The van der Waals surface area contributed by atoms with Crippen molar-refractivity contribution in [2.45, 2.75) is 96.5 Å². The molecule has 0 saturated carbocycles. The fourth-order valence-corrected chi connectivity index (χ4v) is 3.86. The van der Waals surface area contributed by atoms with Crippen LogP contribution in [-0.4, -0.2) is 51.1 Å². The molecule has 0 aliphatic heterocycles. The molecule has 0 fully saturated rings. The molecule has 0 bridgehead atoms. The molecule has 32 heavy (non-hydrogen) atoms. The fraction of sp³-hybridized carbons (Fsp3) is 0.850. The largest absolute Gasteiger partial charge is 0.397 e. The molecule has 0 aromatic heterocycles. The average molecular weight is 502 g/mol. The molecule has 0 saturated heterocycles. The Hall–Kier alpha value is -1.05. The molecule has 12 heteroatoms. The highest BCUT2D eigenvalue weighted by molar-refractivity contribution is 7.81. The number of hydrogen-bond donors (Lipinski definition) is 3. The third kappa shape index (κ3) is 23.6. The van der Waals surface area contributed by atoms with Crippen LogP contribution in [0.1, 0.15) is 90.4 Å². The second-order valence-corrected chi connectivity index (χ2v) is 9.75. The minimum atomic E-state index is -4.47. The van der Waals surface area contributed by atoms with Crippen molar-refractivity contribution in [1.29, 1.82) is 0 Å². The van der Waals surface area contributed by atoms with Gasteiger partial charge in [0.2, 0.25) is 5.91 Å². The maximum Gasteiger partial charge on any atom is 0.397 e. The van der Waals surface area contributed by atoms with Crippen molar-refractivity contribution < 1.29 is 39.1 Å². The molecule has 0 rings (SSSR count). The molecule has 10 nitrogen and oxygen atoms in total. The summed E-state index contributed by atoms with van der Waals surface area (Å²) in [4.78, 5) is 11.6. The van der Waals surface area contributed by atoms with Gasteiger partial charge < -0.3 is 5.32 Å². The molecule has 0 spiro atoms. The van der Waals surface area contributed by atoms with Crippen LogP contribution in [0.15, 0.2) is 12.2 Å². The van der Waals surface area contributed by atoms with Gasteiger partial charge in [0.05, 0.1) is 12.7 Å². The lowest BCUT2D eigenvalue weighted by molar-refractivity contribution is -0.121. The second kappa shape index (κ2) is 18.4. The van der Waals surface area contributed by atoms with Crippen molar-refractivity contribution in [1.82, 2.24) is 5.32 Å². The molecule has 0 aliphatic carbocycles. The molecule has 0 aromatic rings. The number of hydrogen-bond acceptors (Lipinski definition) is 7. The van der Waals surface area contributed by atoms with E-state index >= 15 is 0 Å². The quantitative estimate of drug-likeness (QED) is 0.121. The van der Waals surface area contributed by atoms with Crippen LogP contribution in [0.25, 0.3) is 0 Å². The van der Waals surface area contributed by atoms with Gasteiger partial charge in [-0.1, -0.05) is 64.0 Å². The van der Waals surface area contributed by atoms with Gasteiger partial charge >= 0.3 is 20.8 Å². The molecular weight excluding hydrogens is 462 g/mol. The second-order valence-electron chi connectivity index (χ2n) is 7.61. The van der Waals surface area contributed by atoms with E-state index in [-0.39, 0.29) is 19.1 Å². The summed E-state index contributed by atoms with van der Waals surface area (Å²) in [7, 11) is -8.92. The maximum absolute atomic E-state index is 11.6. The Bertz CT molecular complexity index is 721. The molecule has 0 heterocycles. The van der Waals surface area contributed by atoms with E-state index in [4.69, 9.17) is 13.3 Å². The van der Waals surface area contributed by atoms with Gasteiger partial charge in [-0.15, -0.1) is 0 Å². The number of carbonyl (C=O) groups is 1. The minimum absolute atomic E-state index is 0.0137. The van der Waals surface area contributed by atoms with E-state index < -0.39 is 26.9 Å². The molecule has 1 amide bonds. The van der Waals surface area contributed by atoms with E-state index in [1.54, 1.807) is 0 Å². The lowest BCUT2D eigenvalue weighted by Crippen LogP contribution is -2.27. The SMILES string of the molecule is CCCCCC[C@H](C/C=C\CCCCCCCC(=O)NCCOS(=O)(=O)O)OS(=O)(=O)O. The smallest absolute Gasteiger partial charge is 0.354 e. The minimum Gasteiger partial charge on any atom is -0.354 e. The first kappa shape index (κ1) is 30.9. The summed E-state index contributed by atoms with van der Waals surface area (Å²) in [5.74, 6) is -0.191. The third-order valence-electron chi connectivity index (χ3n) is 4.63. The zero-order valence-corrected chi connectivity index (χ0v) is 20.5. The molecule has 0 aromatic carbocycles. The molecule has 0 aliphatic rings. The van der Waals surface area contributed by atoms with Crippen molar-refractivity contribution in [2.75, 3.05) is 13.2 Å². The lowest BCUT2D eigenvalue weighted by Gasteiger charge is -2.13. The number of nitrogens with one attached hydrogen (secondary N) is 1. The first-order chi connectivity index (χ1) is 15.0. The monoisotopic (exact) mass is 501 g/mol. The predicted octanol–water partition coefficient (Wildman–Crippen LogP) is 3.76. The Morgan fingerprint density at radius 2 is 1.56 bits per heavy atom. The van der Waals surface area contributed by atoms with E-state index in [1.807, 2.05) is 12.2 Å². The Morgan fingerprint density at radius 3 is 2.22 bits per heavy atom. The standard InChI is InChI=1S/C20H39NO9S2/c1-2-3-4-11-14-19(30-32(26,27)28)15-12-9-7-5-6-8-10-13-16-20(22)21-17-18-29-31(23,24)25/h9,12,19H,2-8,10-11,13-18H2,1H3,(H,21,22)(H,23,24,25)(H,26,27,28)/b12-9-/t19-/m1/s1. The summed E-state index contributed by atoms with van der Waals surface area (Å²) in [6.45, 7) is 1.81. The van der Waals surface area contributed by atoms with E-state index in [9.17, 15) is 21.6 Å². The Balaban J connectivity index is 3.78. The van der Waals surface area contributed by atoms with Crippen LogP contribution in [0, 0.1) is 0 Å². The zero-order valence-electron chi connectivity index (χ0n) is 18.9. The summed E-state index contributed by atoms with van der Waals surface area (Å²) < 4.78 is 68.8. The summed E-state index contributed by atoms with van der Waals surface area (Å²) in [6.07, 6.45) is 14.2. The average Bonchev–Trinajstić information content (AvgIpc) is 2.68. The topological polar surface area (TPSA) is 156 Å². The van der Waals surface area contributed by atoms with Crippen LogP contribution < -0.4 is 5.32 Å². The van der Waals surface area contributed by atoms with E-state index in [0.717, 1.165) is 64.2 Å². The Kier molecular flexibility index (Phi) is 17.8. The van der Waals surface area contributed by atoms with Crippen molar-refractivity contribution in [3.05, 3.63) is 12.2 Å². The number of rotatable bonds is 21. The van der Waals surface area contributed by atoms with E-state index in [1.165, 1.54) is 0 Å². The first-order valence-electron chi connectivity index (χ1n) is 11.2. The van der Waals surface area contributed by atoms with Crippen LogP contribution in [0.5, 0.6) is 0 Å². The van der Waals surface area contributed by atoms with E-state index in [2.05, 4.69) is 16.4 Å². The molecule has 0 radical (unpaired) electrons. The summed E-state index contributed by atoms with van der Waals surface area (Å²) in [5, 5.41) is 2.51. The predicted molar refractivity (Wildman–Crippen MR) is 122 cm³/mol. The van der Waals surface area contributed by atoms with Gasteiger partial charge in [0, 0.05) is 13.0 Å². The number of carbonyl (C=O) groups excluding carboxylic acids is 1. The highest BCUT2D eigenvalue weighted by Crippen LogP contribution is 2.15. The van der Waals surface area contributed by atoms with Crippen LogP contribution in [0.3, 0.4) is 0 Å². The van der Waals surface area contributed by atoms with Gasteiger partial charge in [-0.2, -0.15) is 16.8 Å².